The lowest BCUT2D eigenvalue weighted by atomic mass is 10.1. The van der Waals surface area contributed by atoms with E-state index in [1.807, 2.05) is 11.3 Å². The molecule has 0 radical (unpaired) electrons. The fraction of sp³-hybridized carbons (Fsp3) is 0.222. The standard InChI is InChI=1S/C18H19NS/c1-2-5-14-8-10-16(11-9-14)19-12-15-13-20-18-7-4-3-6-17(15)18/h3-4,6-11,13,19H,2,5,12H2,1H3. The molecular weight excluding hydrogens is 262 g/mol. The molecule has 1 nitrogen and oxygen atoms in total. The van der Waals surface area contributed by atoms with Gasteiger partial charge in [0.1, 0.15) is 0 Å². The molecule has 102 valence electrons. The van der Waals surface area contributed by atoms with E-state index in [4.69, 9.17) is 0 Å². The number of thiophene rings is 1. The Balaban J connectivity index is 1.69. The monoisotopic (exact) mass is 281 g/mol. The Hall–Kier alpha value is -1.80. The van der Waals surface area contributed by atoms with Gasteiger partial charge in [0.05, 0.1) is 0 Å². The van der Waals surface area contributed by atoms with E-state index < -0.39 is 0 Å². The zero-order valence-corrected chi connectivity index (χ0v) is 12.5. The third-order valence-corrected chi connectivity index (χ3v) is 4.55. The van der Waals surface area contributed by atoms with Crippen LogP contribution in [0.5, 0.6) is 0 Å². The minimum atomic E-state index is 0.886. The van der Waals surface area contributed by atoms with Crippen LogP contribution >= 0.6 is 11.3 Å². The second-order valence-corrected chi connectivity index (χ2v) is 5.97. The summed E-state index contributed by atoms with van der Waals surface area (Å²) >= 11 is 1.82. The lowest BCUT2D eigenvalue weighted by Gasteiger charge is -2.07. The topological polar surface area (TPSA) is 12.0 Å². The van der Waals surface area contributed by atoms with Gasteiger partial charge in [0, 0.05) is 16.9 Å². The molecule has 0 unspecified atom stereocenters. The summed E-state index contributed by atoms with van der Waals surface area (Å²) in [5.41, 5.74) is 3.99. The average molecular weight is 281 g/mol. The first-order chi connectivity index (χ1) is 9.86. The van der Waals surface area contributed by atoms with Crippen molar-refractivity contribution in [2.45, 2.75) is 26.3 Å². The summed E-state index contributed by atoms with van der Waals surface area (Å²) in [6, 6.07) is 17.4. The Morgan fingerprint density at radius 3 is 2.60 bits per heavy atom. The Kier molecular flexibility index (Phi) is 4.03. The molecule has 1 N–H and O–H groups in total. The van der Waals surface area contributed by atoms with Gasteiger partial charge in [0.15, 0.2) is 0 Å². The normalized spacial score (nSPS) is 10.8. The number of aryl methyl sites for hydroxylation is 1. The fourth-order valence-corrected chi connectivity index (χ4v) is 3.41. The molecule has 2 heteroatoms. The highest BCUT2D eigenvalue weighted by atomic mass is 32.1. The Bertz CT molecular complexity index is 682. The van der Waals surface area contributed by atoms with Crippen molar-refractivity contribution in [2.75, 3.05) is 5.32 Å². The highest BCUT2D eigenvalue weighted by Gasteiger charge is 2.02. The number of benzene rings is 2. The summed E-state index contributed by atoms with van der Waals surface area (Å²) in [5.74, 6) is 0. The first kappa shape index (κ1) is 13.2. The molecule has 0 fully saturated rings. The Labute approximate surface area is 124 Å². The molecule has 0 aliphatic carbocycles. The van der Waals surface area contributed by atoms with E-state index in [-0.39, 0.29) is 0 Å². The van der Waals surface area contributed by atoms with E-state index in [0.717, 1.165) is 13.0 Å². The molecule has 0 saturated carbocycles. The maximum atomic E-state index is 3.52. The molecule has 3 aromatic rings. The number of rotatable bonds is 5. The Morgan fingerprint density at radius 1 is 1.00 bits per heavy atom. The van der Waals surface area contributed by atoms with Crippen molar-refractivity contribution >= 4 is 27.1 Å². The van der Waals surface area contributed by atoms with E-state index in [9.17, 15) is 0 Å². The van der Waals surface area contributed by atoms with Gasteiger partial charge in [-0.3, -0.25) is 0 Å². The van der Waals surface area contributed by atoms with Gasteiger partial charge in [0.25, 0.3) is 0 Å². The minimum Gasteiger partial charge on any atom is -0.381 e. The van der Waals surface area contributed by atoms with E-state index in [1.54, 1.807) is 0 Å². The number of fused-ring (bicyclic) bond motifs is 1. The van der Waals surface area contributed by atoms with Crippen LogP contribution in [0.2, 0.25) is 0 Å². The molecule has 3 rings (SSSR count). The molecule has 0 bridgehead atoms. The summed E-state index contributed by atoms with van der Waals surface area (Å²) < 4.78 is 1.36. The van der Waals surface area contributed by atoms with Crippen molar-refractivity contribution in [2.24, 2.45) is 0 Å². The van der Waals surface area contributed by atoms with Gasteiger partial charge in [-0.2, -0.15) is 0 Å². The summed E-state index contributed by atoms with van der Waals surface area (Å²) in [6.45, 7) is 3.10. The predicted molar refractivity (Wildman–Crippen MR) is 89.6 cm³/mol. The third-order valence-electron chi connectivity index (χ3n) is 3.54. The lowest BCUT2D eigenvalue weighted by molar-refractivity contribution is 0.922. The molecule has 0 spiro atoms. The van der Waals surface area contributed by atoms with Gasteiger partial charge >= 0.3 is 0 Å². The van der Waals surface area contributed by atoms with Crippen molar-refractivity contribution < 1.29 is 0 Å². The lowest BCUT2D eigenvalue weighted by Crippen LogP contribution is -1.98. The van der Waals surface area contributed by atoms with Crippen LogP contribution in [0, 0.1) is 0 Å². The number of nitrogens with one attached hydrogen (secondary N) is 1. The second kappa shape index (κ2) is 6.10. The van der Waals surface area contributed by atoms with Crippen LogP contribution < -0.4 is 5.32 Å². The fourth-order valence-electron chi connectivity index (χ4n) is 2.44. The largest absolute Gasteiger partial charge is 0.381 e. The number of anilines is 1. The van der Waals surface area contributed by atoms with Crippen LogP contribution in [0.4, 0.5) is 5.69 Å². The third kappa shape index (κ3) is 2.86. The van der Waals surface area contributed by atoms with Crippen molar-refractivity contribution in [3.63, 3.8) is 0 Å². The molecular formula is C18H19NS. The molecule has 0 aliphatic heterocycles. The SMILES string of the molecule is CCCc1ccc(NCc2csc3ccccc23)cc1. The summed E-state index contributed by atoms with van der Waals surface area (Å²) in [5, 5.41) is 7.14. The van der Waals surface area contributed by atoms with Crippen molar-refractivity contribution in [3.05, 3.63) is 65.0 Å². The molecule has 2 aromatic carbocycles. The van der Waals surface area contributed by atoms with Gasteiger partial charge in [-0.1, -0.05) is 43.7 Å². The van der Waals surface area contributed by atoms with Crippen LogP contribution in [0.3, 0.4) is 0 Å². The molecule has 0 atom stereocenters. The zero-order valence-electron chi connectivity index (χ0n) is 11.7. The summed E-state index contributed by atoms with van der Waals surface area (Å²) in [6.07, 6.45) is 2.36. The van der Waals surface area contributed by atoms with Crippen molar-refractivity contribution in [3.8, 4) is 0 Å². The highest BCUT2D eigenvalue weighted by molar-refractivity contribution is 7.17. The van der Waals surface area contributed by atoms with Crippen molar-refractivity contribution in [1.82, 2.24) is 0 Å². The van der Waals surface area contributed by atoms with Gasteiger partial charge < -0.3 is 5.32 Å². The van der Waals surface area contributed by atoms with Crippen LogP contribution in [-0.4, -0.2) is 0 Å². The van der Waals surface area contributed by atoms with Gasteiger partial charge in [-0.05, 0) is 46.5 Å². The molecule has 0 saturated heterocycles. The van der Waals surface area contributed by atoms with Crippen LogP contribution in [0.25, 0.3) is 10.1 Å². The van der Waals surface area contributed by atoms with Gasteiger partial charge in [-0.15, -0.1) is 11.3 Å². The predicted octanol–water partition coefficient (Wildman–Crippen LogP) is 5.47. The maximum Gasteiger partial charge on any atom is 0.0415 e. The molecule has 0 amide bonds. The van der Waals surface area contributed by atoms with Gasteiger partial charge in [0.2, 0.25) is 0 Å². The van der Waals surface area contributed by atoms with E-state index >= 15 is 0 Å². The summed E-state index contributed by atoms with van der Waals surface area (Å²) in [4.78, 5) is 0. The smallest absolute Gasteiger partial charge is 0.0415 e. The van der Waals surface area contributed by atoms with E-state index in [1.165, 1.54) is 33.3 Å². The first-order valence-electron chi connectivity index (χ1n) is 7.14. The minimum absolute atomic E-state index is 0.886. The highest BCUT2D eigenvalue weighted by Crippen LogP contribution is 2.26. The van der Waals surface area contributed by atoms with Crippen LogP contribution in [0.1, 0.15) is 24.5 Å². The molecule has 0 aliphatic rings. The maximum absolute atomic E-state index is 3.52. The number of hydrogen-bond acceptors (Lipinski definition) is 2. The second-order valence-electron chi connectivity index (χ2n) is 5.06. The average Bonchev–Trinajstić information content (AvgIpc) is 2.90. The molecule has 20 heavy (non-hydrogen) atoms. The molecule has 1 heterocycles. The van der Waals surface area contributed by atoms with E-state index in [2.05, 4.69) is 66.2 Å². The Morgan fingerprint density at radius 2 is 1.80 bits per heavy atom. The molecule has 1 aromatic heterocycles. The van der Waals surface area contributed by atoms with Gasteiger partial charge in [-0.25, -0.2) is 0 Å². The first-order valence-corrected chi connectivity index (χ1v) is 8.02. The zero-order chi connectivity index (χ0) is 13.8. The quantitative estimate of drug-likeness (QED) is 0.654. The van der Waals surface area contributed by atoms with E-state index in [0.29, 0.717) is 0 Å². The number of hydrogen-bond donors (Lipinski definition) is 1. The van der Waals surface area contributed by atoms with Crippen LogP contribution in [-0.2, 0) is 13.0 Å². The summed E-state index contributed by atoms with van der Waals surface area (Å²) in [7, 11) is 0. The van der Waals surface area contributed by atoms with Crippen LogP contribution in [0.15, 0.2) is 53.9 Å². The van der Waals surface area contributed by atoms with Crippen molar-refractivity contribution in [1.29, 1.82) is 0 Å².